The number of piperidine rings is 1. The molecule has 1 aromatic carbocycles. The number of aliphatic hydroxyl groups is 1. The number of ether oxygens (including phenoxy) is 1. The fourth-order valence-electron chi connectivity index (χ4n) is 2.84. The molecule has 0 spiro atoms. The Bertz CT molecular complexity index is 562. The standard InChI is InChI=1S/C18H27N3O4/c1-14-4-2-3-10-21(14)17(23)15-5-7-16(8-6-15)20-18(24)19-9-12-25-13-11-22/h5-8,14,22H,2-4,9-13H2,1H3,(H2,19,20,24). The minimum Gasteiger partial charge on any atom is -0.394 e. The third-order valence-corrected chi connectivity index (χ3v) is 4.22. The average Bonchev–Trinajstić information content (AvgIpc) is 2.62. The zero-order valence-corrected chi connectivity index (χ0v) is 14.7. The molecule has 1 saturated heterocycles. The van der Waals surface area contributed by atoms with Gasteiger partial charge >= 0.3 is 6.03 Å². The Morgan fingerprint density at radius 3 is 2.68 bits per heavy atom. The predicted molar refractivity (Wildman–Crippen MR) is 95.7 cm³/mol. The van der Waals surface area contributed by atoms with Gasteiger partial charge in [-0.25, -0.2) is 4.79 Å². The van der Waals surface area contributed by atoms with Crippen molar-refractivity contribution in [2.75, 3.05) is 38.2 Å². The Morgan fingerprint density at radius 2 is 2.00 bits per heavy atom. The van der Waals surface area contributed by atoms with E-state index < -0.39 is 0 Å². The van der Waals surface area contributed by atoms with Gasteiger partial charge in [0.05, 0.1) is 19.8 Å². The van der Waals surface area contributed by atoms with E-state index in [1.165, 1.54) is 6.42 Å². The summed E-state index contributed by atoms with van der Waals surface area (Å²) in [6.07, 6.45) is 3.28. The fraction of sp³-hybridized carbons (Fsp3) is 0.556. The Balaban J connectivity index is 1.81. The maximum Gasteiger partial charge on any atom is 0.319 e. The van der Waals surface area contributed by atoms with Crippen LogP contribution in [-0.4, -0.2) is 60.9 Å². The summed E-state index contributed by atoms with van der Waals surface area (Å²) >= 11 is 0. The summed E-state index contributed by atoms with van der Waals surface area (Å²) in [5.41, 5.74) is 1.26. The molecule has 0 aliphatic carbocycles. The Morgan fingerprint density at radius 1 is 1.24 bits per heavy atom. The van der Waals surface area contributed by atoms with Crippen molar-refractivity contribution in [2.24, 2.45) is 0 Å². The molecule has 0 bridgehead atoms. The van der Waals surface area contributed by atoms with Gasteiger partial charge in [-0.3, -0.25) is 4.79 Å². The lowest BCUT2D eigenvalue weighted by atomic mass is 10.0. The summed E-state index contributed by atoms with van der Waals surface area (Å²) in [5, 5.41) is 13.9. The smallest absolute Gasteiger partial charge is 0.319 e. The molecule has 1 aromatic rings. The molecule has 0 saturated carbocycles. The highest BCUT2D eigenvalue weighted by Crippen LogP contribution is 2.20. The van der Waals surface area contributed by atoms with Gasteiger partial charge < -0.3 is 25.4 Å². The van der Waals surface area contributed by atoms with Crippen LogP contribution in [0.15, 0.2) is 24.3 Å². The van der Waals surface area contributed by atoms with Crippen molar-refractivity contribution in [3.63, 3.8) is 0 Å². The van der Waals surface area contributed by atoms with Crippen LogP contribution in [0, 0.1) is 0 Å². The molecule has 1 atom stereocenters. The van der Waals surface area contributed by atoms with Crippen LogP contribution >= 0.6 is 0 Å². The second kappa shape index (κ2) is 10.0. The molecule has 3 N–H and O–H groups in total. The lowest BCUT2D eigenvalue weighted by molar-refractivity contribution is 0.0635. The number of rotatable bonds is 7. The van der Waals surface area contributed by atoms with Crippen LogP contribution in [0.5, 0.6) is 0 Å². The topological polar surface area (TPSA) is 90.9 Å². The van der Waals surface area contributed by atoms with E-state index in [0.717, 1.165) is 19.4 Å². The van der Waals surface area contributed by atoms with Crippen LogP contribution in [0.25, 0.3) is 0 Å². The first-order chi connectivity index (χ1) is 12.1. The molecular weight excluding hydrogens is 322 g/mol. The minimum atomic E-state index is -0.337. The summed E-state index contributed by atoms with van der Waals surface area (Å²) in [6, 6.07) is 6.87. The number of hydrogen-bond acceptors (Lipinski definition) is 4. The molecule has 138 valence electrons. The van der Waals surface area contributed by atoms with Crippen LogP contribution in [0.3, 0.4) is 0 Å². The number of amides is 3. The van der Waals surface area contributed by atoms with Crippen molar-refractivity contribution in [1.82, 2.24) is 10.2 Å². The molecule has 1 unspecified atom stereocenters. The van der Waals surface area contributed by atoms with Gasteiger partial charge in [-0.2, -0.15) is 0 Å². The van der Waals surface area contributed by atoms with E-state index in [1.54, 1.807) is 24.3 Å². The van der Waals surface area contributed by atoms with E-state index in [1.807, 2.05) is 4.90 Å². The third-order valence-electron chi connectivity index (χ3n) is 4.22. The van der Waals surface area contributed by atoms with Crippen LogP contribution in [0.4, 0.5) is 10.5 Å². The van der Waals surface area contributed by atoms with E-state index in [-0.39, 0.29) is 31.2 Å². The molecule has 7 nitrogen and oxygen atoms in total. The summed E-state index contributed by atoms with van der Waals surface area (Å²) < 4.78 is 5.06. The average molecular weight is 349 g/mol. The largest absolute Gasteiger partial charge is 0.394 e. The van der Waals surface area contributed by atoms with Gasteiger partial charge in [-0.15, -0.1) is 0 Å². The second-order valence-corrected chi connectivity index (χ2v) is 6.14. The monoisotopic (exact) mass is 349 g/mol. The summed E-state index contributed by atoms with van der Waals surface area (Å²) in [7, 11) is 0. The van der Waals surface area contributed by atoms with Crippen LogP contribution in [0.2, 0.25) is 0 Å². The molecule has 1 fully saturated rings. The number of likely N-dealkylation sites (tertiary alicyclic amines) is 1. The molecule has 3 amide bonds. The number of hydrogen-bond donors (Lipinski definition) is 3. The van der Waals surface area contributed by atoms with Crippen LogP contribution in [-0.2, 0) is 4.74 Å². The van der Waals surface area contributed by atoms with Crippen molar-refractivity contribution in [3.8, 4) is 0 Å². The number of nitrogens with one attached hydrogen (secondary N) is 2. The maximum atomic E-state index is 12.6. The number of nitrogens with zero attached hydrogens (tertiary/aromatic N) is 1. The van der Waals surface area contributed by atoms with E-state index in [0.29, 0.717) is 24.4 Å². The number of benzene rings is 1. The first kappa shape index (κ1) is 19.2. The third kappa shape index (κ3) is 6.03. The summed E-state index contributed by atoms with van der Waals surface area (Å²) in [6.45, 7) is 3.81. The van der Waals surface area contributed by atoms with Crippen molar-refractivity contribution in [1.29, 1.82) is 0 Å². The first-order valence-corrected chi connectivity index (χ1v) is 8.76. The highest BCUT2D eigenvalue weighted by molar-refractivity contribution is 5.95. The zero-order valence-electron chi connectivity index (χ0n) is 14.7. The molecule has 25 heavy (non-hydrogen) atoms. The fourth-order valence-corrected chi connectivity index (χ4v) is 2.84. The SMILES string of the molecule is CC1CCCCN1C(=O)c1ccc(NC(=O)NCCOCCO)cc1. The first-order valence-electron chi connectivity index (χ1n) is 8.76. The van der Waals surface area contributed by atoms with Crippen LogP contribution < -0.4 is 10.6 Å². The van der Waals surface area contributed by atoms with E-state index in [2.05, 4.69) is 17.6 Å². The van der Waals surface area contributed by atoms with Gasteiger partial charge in [0.25, 0.3) is 5.91 Å². The number of aliphatic hydroxyl groups excluding tert-OH is 1. The molecule has 0 radical (unpaired) electrons. The zero-order chi connectivity index (χ0) is 18.1. The summed E-state index contributed by atoms with van der Waals surface area (Å²) in [4.78, 5) is 26.2. The van der Waals surface area contributed by atoms with E-state index in [4.69, 9.17) is 9.84 Å². The number of anilines is 1. The normalized spacial score (nSPS) is 17.2. The molecule has 0 aromatic heterocycles. The molecule has 1 heterocycles. The summed E-state index contributed by atoms with van der Waals surface area (Å²) in [5.74, 6) is 0.0456. The lowest BCUT2D eigenvalue weighted by Crippen LogP contribution is -2.42. The molecular formula is C18H27N3O4. The highest BCUT2D eigenvalue weighted by atomic mass is 16.5. The van der Waals surface area contributed by atoms with Gasteiger partial charge in [0, 0.05) is 30.4 Å². The van der Waals surface area contributed by atoms with Crippen LogP contribution in [0.1, 0.15) is 36.5 Å². The Labute approximate surface area is 148 Å². The maximum absolute atomic E-state index is 12.6. The van der Waals surface area contributed by atoms with Crippen molar-refractivity contribution >= 4 is 17.6 Å². The van der Waals surface area contributed by atoms with Crippen molar-refractivity contribution < 1.29 is 19.4 Å². The lowest BCUT2D eigenvalue weighted by Gasteiger charge is -2.33. The molecule has 7 heteroatoms. The number of urea groups is 1. The number of carbonyl (C=O) groups excluding carboxylic acids is 2. The molecule has 1 aliphatic heterocycles. The van der Waals surface area contributed by atoms with E-state index in [9.17, 15) is 9.59 Å². The van der Waals surface area contributed by atoms with Gasteiger partial charge in [-0.05, 0) is 50.5 Å². The molecule has 1 aliphatic rings. The number of carbonyl (C=O) groups is 2. The molecule has 2 rings (SSSR count). The van der Waals surface area contributed by atoms with Gasteiger partial charge in [-0.1, -0.05) is 0 Å². The Hall–Kier alpha value is -2.12. The minimum absolute atomic E-state index is 0.0343. The highest BCUT2D eigenvalue weighted by Gasteiger charge is 2.23. The van der Waals surface area contributed by atoms with Gasteiger partial charge in [0.1, 0.15) is 0 Å². The van der Waals surface area contributed by atoms with E-state index >= 15 is 0 Å². The quantitative estimate of drug-likeness (QED) is 0.655. The van der Waals surface area contributed by atoms with Crippen molar-refractivity contribution in [2.45, 2.75) is 32.2 Å². The van der Waals surface area contributed by atoms with Crippen molar-refractivity contribution in [3.05, 3.63) is 29.8 Å². The van der Waals surface area contributed by atoms with Gasteiger partial charge in [0.15, 0.2) is 0 Å². The van der Waals surface area contributed by atoms with Gasteiger partial charge in [0.2, 0.25) is 0 Å². The second-order valence-electron chi connectivity index (χ2n) is 6.14. The Kier molecular flexibility index (Phi) is 7.69. The predicted octanol–water partition coefficient (Wildman–Crippen LogP) is 1.83.